The van der Waals surface area contributed by atoms with E-state index in [1.807, 2.05) is 39.8 Å². The standard InChI is InChI=1S/C25H35N3O5S/c1-6-17(2)22(24(30)27-31)26-23(29)21(15-18-11-8-7-9-12-18)28-34(32,33)20-14-10-13-19(16-20)25(3,4)5/h7-14,16-17,21-22,28,31H,6,15H2,1-5H3,(H,26,29)(H,27,30)/t17-,21-,22-/m0/s1. The number of sulfonamides is 1. The zero-order valence-corrected chi connectivity index (χ0v) is 21.1. The highest BCUT2D eigenvalue weighted by Crippen LogP contribution is 2.24. The first-order valence-electron chi connectivity index (χ1n) is 11.3. The van der Waals surface area contributed by atoms with Crippen LogP contribution in [0.2, 0.25) is 0 Å². The number of carbonyl (C=O) groups excluding carboxylic acids is 2. The van der Waals surface area contributed by atoms with Gasteiger partial charge in [-0.1, -0.05) is 83.5 Å². The van der Waals surface area contributed by atoms with E-state index in [1.165, 1.54) is 6.07 Å². The van der Waals surface area contributed by atoms with Gasteiger partial charge in [-0.05, 0) is 41.0 Å². The maximum Gasteiger partial charge on any atom is 0.266 e. The van der Waals surface area contributed by atoms with Crippen LogP contribution in [0.5, 0.6) is 0 Å². The van der Waals surface area contributed by atoms with Gasteiger partial charge in [-0.25, -0.2) is 13.9 Å². The second-order valence-electron chi connectivity index (χ2n) is 9.49. The van der Waals surface area contributed by atoms with E-state index in [4.69, 9.17) is 5.21 Å². The molecule has 3 atom stereocenters. The number of nitrogens with one attached hydrogen (secondary N) is 3. The molecule has 0 fully saturated rings. The zero-order chi connectivity index (χ0) is 25.5. The number of rotatable bonds is 10. The van der Waals surface area contributed by atoms with Crippen molar-refractivity contribution < 1.29 is 23.2 Å². The van der Waals surface area contributed by atoms with Gasteiger partial charge >= 0.3 is 0 Å². The fraction of sp³-hybridized carbons (Fsp3) is 0.440. The van der Waals surface area contributed by atoms with Crippen molar-refractivity contribution in [2.24, 2.45) is 5.92 Å². The Hall–Kier alpha value is -2.75. The lowest BCUT2D eigenvalue weighted by molar-refractivity contribution is -0.136. The average Bonchev–Trinajstić information content (AvgIpc) is 2.81. The van der Waals surface area contributed by atoms with Crippen molar-refractivity contribution in [3.8, 4) is 0 Å². The Kier molecular flexibility index (Phi) is 9.37. The van der Waals surface area contributed by atoms with Gasteiger partial charge in [-0.15, -0.1) is 0 Å². The molecule has 0 bridgehead atoms. The highest BCUT2D eigenvalue weighted by atomic mass is 32.2. The van der Waals surface area contributed by atoms with Crippen LogP contribution >= 0.6 is 0 Å². The summed E-state index contributed by atoms with van der Waals surface area (Å²) < 4.78 is 29.1. The molecule has 0 aromatic heterocycles. The normalized spacial score (nSPS) is 14.6. The third kappa shape index (κ3) is 7.38. The van der Waals surface area contributed by atoms with Gasteiger partial charge in [0.15, 0.2) is 0 Å². The minimum absolute atomic E-state index is 0.0531. The van der Waals surface area contributed by atoms with Crippen LogP contribution < -0.4 is 15.5 Å². The van der Waals surface area contributed by atoms with E-state index in [9.17, 15) is 18.0 Å². The summed E-state index contributed by atoms with van der Waals surface area (Å²) in [6.07, 6.45) is 0.645. The van der Waals surface area contributed by atoms with Crippen LogP contribution in [0, 0.1) is 5.92 Å². The molecule has 0 radical (unpaired) electrons. The number of benzene rings is 2. The Bertz CT molecular complexity index is 1080. The molecule has 0 saturated heterocycles. The molecule has 8 nitrogen and oxygen atoms in total. The van der Waals surface area contributed by atoms with Gasteiger partial charge in [0.05, 0.1) is 4.90 Å². The van der Waals surface area contributed by atoms with Crippen LogP contribution in [-0.4, -0.2) is 37.5 Å². The topological polar surface area (TPSA) is 125 Å². The second-order valence-corrected chi connectivity index (χ2v) is 11.2. The number of hydrogen-bond donors (Lipinski definition) is 4. The number of carbonyl (C=O) groups is 2. The van der Waals surface area contributed by atoms with Crippen molar-refractivity contribution in [2.45, 2.75) is 69.9 Å². The van der Waals surface area contributed by atoms with Gasteiger partial charge in [0.2, 0.25) is 15.9 Å². The molecule has 186 valence electrons. The predicted molar refractivity (Wildman–Crippen MR) is 131 cm³/mol. The van der Waals surface area contributed by atoms with Gasteiger partial charge in [-0.2, -0.15) is 4.72 Å². The summed E-state index contributed by atoms with van der Waals surface area (Å²) in [5.74, 6) is -1.70. The summed E-state index contributed by atoms with van der Waals surface area (Å²) in [5, 5.41) is 11.7. The molecule has 4 N–H and O–H groups in total. The molecule has 2 rings (SSSR count). The fourth-order valence-corrected chi connectivity index (χ4v) is 4.69. The first-order chi connectivity index (χ1) is 15.9. The van der Waals surface area contributed by atoms with Gasteiger partial charge in [0.1, 0.15) is 12.1 Å². The molecular weight excluding hydrogens is 454 g/mol. The summed E-state index contributed by atoms with van der Waals surface area (Å²) >= 11 is 0. The van der Waals surface area contributed by atoms with Crippen molar-refractivity contribution in [1.82, 2.24) is 15.5 Å². The van der Waals surface area contributed by atoms with Gasteiger partial charge in [-0.3, -0.25) is 14.8 Å². The van der Waals surface area contributed by atoms with Crippen molar-refractivity contribution in [3.05, 3.63) is 65.7 Å². The molecule has 2 aromatic rings. The lowest BCUT2D eigenvalue weighted by atomic mass is 9.87. The number of hydrogen-bond acceptors (Lipinski definition) is 5. The van der Waals surface area contributed by atoms with E-state index in [0.29, 0.717) is 6.42 Å². The third-order valence-corrected chi connectivity index (χ3v) is 7.28. The van der Waals surface area contributed by atoms with E-state index in [-0.39, 0.29) is 22.6 Å². The molecule has 0 aliphatic carbocycles. The van der Waals surface area contributed by atoms with Crippen LogP contribution in [0.15, 0.2) is 59.5 Å². The highest BCUT2D eigenvalue weighted by Gasteiger charge is 2.32. The second kappa shape index (κ2) is 11.6. The van der Waals surface area contributed by atoms with Gasteiger partial charge in [0, 0.05) is 0 Å². The summed E-state index contributed by atoms with van der Waals surface area (Å²) in [4.78, 5) is 25.4. The maximum atomic E-state index is 13.3. The van der Waals surface area contributed by atoms with Crippen molar-refractivity contribution in [3.63, 3.8) is 0 Å². The summed E-state index contributed by atoms with van der Waals surface area (Å²) in [7, 11) is -4.06. The SMILES string of the molecule is CC[C@H](C)[C@H](NC(=O)[C@H](Cc1ccccc1)NS(=O)(=O)c1cccc(C(C)(C)C)c1)C(=O)NO. The Labute approximate surface area is 202 Å². The average molecular weight is 490 g/mol. The summed E-state index contributed by atoms with van der Waals surface area (Å²) in [6, 6.07) is 13.4. The van der Waals surface area contributed by atoms with E-state index in [1.54, 1.807) is 48.8 Å². The van der Waals surface area contributed by atoms with E-state index >= 15 is 0 Å². The monoisotopic (exact) mass is 489 g/mol. The molecule has 2 amide bonds. The zero-order valence-electron chi connectivity index (χ0n) is 20.3. The summed E-state index contributed by atoms with van der Waals surface area (Å²) in [5.41, 5.74) is 2.91. The largest absolute Gasteiger partial charge is 0.343 e. The summed E-state index contributed by atoms with van der Waals surface area (Å²) in [6.45, 7) is 9.56. The van der Waals surface area contributed by atoms with Crippen LogP contribution in [0.1, 0.15) is 52.2 Å². The minimum Gasteiger partial charge on any atom is -0.343 e. The first-order valence-corrected chi connectivity index (χ1v) is 12.8. The molecule has 2 aromatic carbocycles. The molecule has 9 heteroatoms. The maximum absolute atomic E-state index is 13.3. The van der Waals surface area contributed by atoms with Crippen molar-refractivity contribution >= 4 is 21.8 Å². The molecule has 0 spiro atoms. The Balaban J connectivity index is 2.38. The van der Waals surface area contributed by atoms with Gasteiger partial charge < -0.3 is 5.32 Å². The molecular formula is C25H35N3O5S. The first kappa shape index (κ1) is 27.5. The van der Waals surface area contributed by atoms with Crippen LogP contribution in [0.3, 0.4) is 0 Å². The lowest BCUT2D eigenvalue weighted by Crippen LogP contribution is -2.56. The van der Waals surface area contributed by atoms with Crippen LogP contribution in [0.4, 0.5) is 0 Å². The minimum atomic E-state index is -4.06. The van der Waals surface area contributed by atoms with Gasteiger partial charge in [0.25, 0.3) is 5.91 Å². The van der Waals surface area contributed by atoms with Crippen molar-refractivity contribution in [2.75, 3.05) is 0 Å². The lowest BCUT2D eigenvalue weighted by Gasteiger charge is -2.26. The number of hydroxylamine groups is 1. The quantitative estimate of drug-likeness (QED) is 0.302. The van der Waals surface area contributed by atoms with Crippen LogP contribution in [0.25, 0.3) is 0 Å². The Morgan fingerprint density at radius 1 is 1.00 bits per heavy atom. The van der Waals surface area contributed by atoms with Crippen LogP contribution in [-0.2, 0) is 31.4 Å². The Morgan fingerprint density at radius 3 is 2.21 bits per heavy atom. The smallest absolute Gasteiger partial charge is 0.266 e. The van der Waals surface area contributed by atoms with E-state index in [0.717, 1.165) is 11.1 Å². The molecule has 0 aliphatic heterocycles. The molecule has 0 aliphatic rings. The molecule has 0 heterocycles. The predicted octanol–water partition coefficient (Wildman–Crippen LogP) is 2.91. The molecule has 0 unspecified atom stereocenters. The third-order valence-electron chi connectivity index (χ3n) is 5.81. The van der Waals surface area contributed by atoms with E-state index in [2.05, 4.69) is 10.0 Å². The fourth-order valence-electron chi connectivity index (χ4n) is 3.45. The Morgan fingerprint density at radius 2 is 1.65 bits per heavy atom. The van der Waals surface area contributed by atoms with E-state index < -0.39 is 33.9 Å². The molecule has 34 heavy (non-hydrogen) atoms. The number of amides is 2. The van der Waals surface area contributed by atoms with Crippen molar-refractivity contribution in [1.29, 1.82) is 0 Å². The molecule has 0 saturated carbocycles. The highest BCUT2D eigenvalue weighted by molar-refractivity contribution is 7.89.